The zero-order valence-corrected chi connectivity index (χ0v) is 25.6. The Morgan fingerprint density at radius 2 is 0.833 bits per heavy atom. The number of halogens is 8. The van der Waals surface area contributed by atoms with E-state index in [1.165, 1.54) is 72.8 Å². The average Bonchev–Trinajstić information content (AvgIpc) is 3.04. The number of carbonyl (C=O) groups excluding carboxylic acids is 2. The van der Waals surface area contributed by atoms with E-state index in [2.05, 4.69) is 0 Å². The van der Waals surface area contributed by atoms with Gasteiger partial charge in [0.05, 0.1) is 0 Å². The van der Waals surface area contributed by atoms with Gasteiger partial charge in [0.15, 0.2) is 0 Å². The molecule has 0 radical (unpaired) electrons. The first kappa shape index (κ1) is 31.8. The highest BCUT2D eigenvalue weighted by molar-refractivity contribution is 6.68. The van der Waals surface area contributed by atoms with Crippen LogP contribution in [0.3, 0.4) is 0 Å². The van der Waals surface area contributed by atoms with Crippen molar-refractivity contribution in [3.63, 3.8) is 0 Å². The monoisotopic (exact) mass is 698 g/mol. The van der Waals surface area contributed by atoms with Crippen LogP contribution >= 0.6 is 23.2 Å². The highest BCUT2D eigenvalue weighted by atomic mass is 35.5. The number of rotatable bonds is 4. The first-order valence-corrected chi connectivity index (χ1v) is 14.9. The van der Waals surface area contributed by atoms with Crippen molar-refractivity contribution in [2.45, 2.75) is 23.2 Å². The van der Waals surface area contributed by atoms with E-state index in [0.29, 0.717) is 0 Å². The number of fused-ring (bicyclic) bond motifs is 4. The molecule has 2 atom stereocenters. The normalized spacial score (nSPS) is 19.5. The van der Waals surface area contributed by atoms with E-state index < -0.39 is 67.4 Å². The molecule has 0 saturated heterocycles. The predicted octanol–water partition coefficient (Wildman–Crippen LogP) is 10.4. The maximum Gasteiger partial charge on any atom is 0.406 e. The van der Waals surface area contributed by atoms with Crippen LogP contribution in [-0.2, 0) is 10.8 Å². The molecule has 0 amide bonds. The standard InChI is InChI=1S/C36H18Cl2F6O4/c37-31(45)19-11-13-27-23(15-19)33(35(39,40)41,21-7-3-1-4-8-21)25-17-26-30(18-29(25)47-27)48-28-14-12-20(32(38)46)16-24(28)34(26,36(42,43)44)22-9-5-2-6-10-22/h1-18H. The minimum absolute atomic E-state index is 0.283. The number of benzene rings is 5. The third-order valence-corrected chi connectivity index (χ3v) is 9.25. The highest BCUT2D eigenvalue weighted by Crippen LogP contribution is 2.65. The van der Waals surface area contributed by atoms with Crippen molar-refractivity contribution in [2.75, 3.05) is 0 Å². The Balaban J connectivity index is 1.67. The zero-order valence-electron chi connectivity index (χ0n) is 24.0. The summed E-state index contributed by atoms with van der Waals surface area (Å²) < 4.78 is 108. The lowest BCUT2D eigenvalue weighted by molar-refractivity contribution is -0.169. The van der Waals surface area contributed by atoms with Gasteiger partial charge in [0.2, 0.25) is 0 Å². The second-order valence-corrected chi connectivity index (χ2v) is 11.9. The smallest absolute Gasteiger partial charge is 0.406 e. The number of hydrogen-bond acceptors (Lipinski definition) is 4. The molecule has 2 aliphatic rings. The molecule has 5 aromatic rings. The molecule has 0 bridgehead atoms. The fourth-order valence-electron chi connectivity index (χ4n) is 6.85. The summed E-state index contributed by atoms with van der Waals surface area (Å²) in [4.78, 5) is 24.4. The third-order valence-electron chi connectivity index (χ3n) is 8.81. The molecule has 7 rings (SSSR count). The van der Waals surface area contributed by atoms with Crippen molar-refractivity contribution in [1.29, 1.82) is 0 Å². The van der Waals surface area contributed by atoms with Gasteiger partial charge < -0.3 is 9.47 Å². The number of carbonyl (C=O) groups is 2. The summed E-state index contributed by atoms with van der Waals surface area (Å²) in [5.41, 5.74) is -10.1. The summed E-state index contributed by atoms with van der Waals surface area (Å²) in [6.45, 7) is 0. The Bertz CT molecular complexity index is 1980. The van der Waals surface area contributed by atoms with Crippen LogP contribution in [0.15, 0.2) is 109 Å². The molecule has 48 heavy (non-hydrogen) atoms. The molecule has 2 aliphatic heterocycles. The molecule has 242 valence electrons. The Morgan fingerprint density at radius 1 is 0.479 bits per heavy atom. The van der Waals surface area contributed by atoms with E-state index in [4.69, 9.17) is 32.7 Å². The van der Waals surface area contributed by atoms with Crippen LogP contribution in [-0.4, -0.2) is 22.8 Å². The molecule has 4 nitrogen and oxygen atoms in total. The van der Waals surface area contributed by atoms with Gasteiger partial charge in [0, 0.05) is 39.4 Å². The highest BCUT2D eigenvalue weighted by Gasteiger charge is 2.66. The Hall–Kier alpha value is -4.80. The minimum atomic E-state index is -5.22. The van der Waals surface area contributed by atoms with Crippen LogP contribution in [0.1, 0.15) is 54.1 Å². The lowest BCUT2D eigenvalue weighted by Crippen LogP contribution is -2.49. The van der Waals surface area contributed by atoms with E-state index in [0.717, 1.165) is 36.4 Å². The molecular weight excluding hydrogens is 681 g/mol. The van der Waals surface area contributed by atoms with Gasteiger partial charge in [-0.05, 0) is 76.8 Å². The van der Waals surface area contributed by atoms with E-state index in [1.54, 1.807) is 0 Å². The molecule has 0 saturated carbocycles. The van der Waals surface area contributed by atoms with Gasteiger partial charge in [-0.15, -0.1) is 0 Å². The minimum Gasteiger partial charge on any atom is -0.457 e. The van der Waals surface area contributed by atoms with Gasteiger partial charge in [-0.3, -0.25) is 9.59 Å². The van der Waals surface area contributed by atoms with E-state index in [-0.39, 0.29) is 33.8 Å². The van der Waals surface area contributed by atoms with Crippen LogP contribution < -0.4 is 9.47 Å². The van der Waals surface area contributed by atoms with Crippen LogP contribution in [0, 0.1) is 0 Å². The van der Waals surface area contributed by atoms with Crippen LogP contribution in [0.2, 0.25) is 0 Å². The van der Waals surface area contributed by atoms with E-state index >= 15 is 26.3 Å². The molecule has 2 unspecified atom stereocenters. The Labute approximate surface area is 278 Å². The average molecular weight is 699 g/mol. The quantitative estimate of drug-likeness (QED) is 0.138. The Kier molecular flexibility index (Phi) is 7.19. The molecular formula is C36H18Cl2F6O4. The number of alkyl halides is 6. The van der Waals surface area contributed by atoms with Crippen LogP contribution in [0.4, 0.5) is 26.3 Å². The topological polar surface area (TPSA) is 52.6 Å². The van der Waals surface area contributed by atoms with Gasteiger partial charge in [-0.25, -0.2) is 0 Å². The number of hydrogen-bond donors (Lipinski definition) is 0. The second kappa shape index (κ2) is 10.9. The largest absolute Gasteiger partial charge is 0.457 e. The number of ether oxygens (including phenoxy) is 2. The lowest BCUT2D eigenvalue weighted by Gasteiger charge is -2.45. The van der Waals surface area contributed by atoms with Gasteiger partial charge in [0.1, 0.15) is 33.8 Å². The fourth-order valence-corrected chi connectivity index (χ4v) is 7.08. The van der Waals surface area contributed by atoms with Crippen molar-refractivity contribution >= 4 is 33.7 Å². The third kappa shape index (κ3) is 4.39. The van der Waals surface area contributed by atoms with E-state index in [1.807, 2.05) is 0 Å². The van der Waals surface area contributed by atoms with Gasteiger partial charge >= 0.3 is 12.4 Å². The summed E-state index contributed by atoms with van der Waals surface area (Å²) in [6, 6.07) is 21.6. The van der Waals surface area contributed by atoms with Crippen LogP contribution in [0.5, 0.6) is 23.0 Å². The van der Waals surface area contributed by atoms with Crippen molar-refractivity contribution in [2.24, 2.45) is 0 Å². The van der Waals surface area contributed by atoms with Crippen LogP contribution in [0.25, 0.3) is 0 Å². The SMILES string of the molecule is O=C(Cl)c1ccc2c(c1)C(c1ccccc1)(C(F)(F)F)c1cc3c(cc1O2)Oc1ccc(C(=O)Cl)cc1C3(c1ccccc1)C(F)(F)F. The molecule has 0 N–H and O–H groups in total. The van der Waals surface area contributed by atoms with Crippen molar-refractivity contribution in [1.82, 2.24) is 0 Å². The molecule has 2 heterocycles. The zero-order chi connectivity index (χ0) is 34.2. The maximum absolute atomic E-state index is 16.1. The molecule has 12 heteroatoms. The molecule has 5 aromatic carbocycles. The lowest BCUT2D eigenvalue weighted by atomic mass is 9.63. The second-order valence-electron chi connectivity index (χ2n) is 11.2. The van der Waals surface area contributed by atoms with Crippen molar-refractivity contribution < 1.29 is 45.4 Å². The molecule has 0 aromatic heterocycles. The van der Waals surface area contributed by atoms with Crippen molar-refractivity contribution in [3.05, 3.63) is 154 Å². The van der Waals surface area contributed by atoms with Gasteiger partial charge in [-0.1, -0.05) is 60.7 Å². The fraction of sp³-hybridized carbons (Fsp3) is 0.111. The summed E-state index contributed by atoms with van der Waals surface area (Å²) in [5.74, 6) is -1.44. The predicted molar refractivity (Wildman–Crippen MR) is 165 cm³/mol. The molecule has 0 aliphatic carbocycles. The van der Waals surface area contributed by atoms with Crippen molar-refractivity contribution in [3.8, 4) is 23.0 Å². The molecule has 0 fully saturated rings. The molecule has 0 spiro atoms. The summed E-state index contributed by atoms with van der Waals surface area (Å²) >= 11 is 11.4. The van der Waals surface area contributed by atoms with E-state index in [9.17, 15) is 9.59 Å². The summed E-state index contributed by atoms with van der Waals surface area (Å²) in [6.07, 6.45) is -10.4. The maximum atomic E-state index is 16.1. The first-order valence-electron chi connectivity index (χ1n) is 14.2. The summed E-state index contributed by atoms with van der Waals surface area (Å²) in [5, 5.41) is -2.10. The Morgan fingerprint density at radius 3 is 1.17 bits per heavy atom. The first-order chi connectivity index (χ1) is 22.7. The summed E-state index contributed by atoms with van der Waals surface area (Å²) in [7, 11) is 0. The van der Waals surface area contributed by atoms with Gasteiger partial charge in [-0.2, -0.15) is 26.3 Å². The van der Waals surface area contributed by atoms with Gasteiger partial charge in [0.25, 0.3) is 10.5 Å².